The number of anilines is 2. The van der Waals surface area contributed by atoms with Gasteiger partial charge in [-0.25, -0.2) is 4.68 Å². The molecule has 160 valence electrons. The van der Waals surface area contributed by atoms with Gasteiger partial charge in [0.1, 0.15) is 0 Å². The fraction of sp³-hybridized carbons (Fsp3) is 0.273. The zero-order valence-corrected chi connectivity index (χ0v) is 17.4. The fourth-order valence-corrected chi connectivity index (χ4v) is 3.81. The number of amides is 1. The summed E-state index contributed by atoms with van der Waals surface area (Å²) in [5.74, 6) is -0.492. The molecule has 1 amide bonds. The minimum atomic E-state index is -0.926. The summed E-state index contributed by atoms with van der Waals surface area (Å²) in [7, 11) is 0. The molecule has 31 heavy (non-hydrogen) atoms. The van der Waals surface area contributed by atoms with E-state index in [1.807, 2.05) is 42.5 Å². The average Bonchev–Trinajstić information content (AvgIpc) is 3.16. The maximum absolute atomic E-state index is 12.2. The van der Waals surface area contributed by atoms with Crippen LogP contribution in [0.1, 0.15) is 48.9 Å². The number of fused-ring (bicyclic) bond motifs is 1. The van der Waals surface area contributed by atoms with Crippen molar-refractivity contribution in [1.82, 2.24) is 14.8 Å². The zero-order valence-electron chi connectivity index (χ0n) is 16.7. The molecule has 0 saturated heterocycles. The van der Waals surface area contributed by atoms with E-state index in [4.69, 9.17) is 16.7 Å². The standard InChI is InChI=1S/C22H22ClN5O3/c23-16-11-9-15(10-12-16)18-13-17(14-5-2-1-3-6-14)24-22-26-21(27-28(18)22)25-19(29)7-4-8-20(30)31/h1-3,5-6,9-12,17-18H,4,7-8,13H2,(H,30,31)(H2,24,25,26,27,29)/t17-,18-/m0/s1. The van der Waals surface area contributed by atoms with Crippen LogP contribution >= 0.6 is 11.6 Å². The molecule has 4 rings (SSSR count). The molecule has 0 spiro atoms. The highest BCUT2D eigenvalue weighted by atomic mass is 35.5. The van der Waals surface area contributed by atoms with Crippen molar-refractivity contribution in [2.24, 2.45) is 0 Å². The van der Waals surface area contributed by atoms with Crippen LogP contribution in [0.3, 0.4) is 0 Å². The van der Waals surface area contributed by atoms with Gasteiger partial charge in [0.2, 0.25) is 11.9 Å². The van der Waals surface area contributed by atoms with Gasteiger partial charge in [-0.2, -0.15) is 4.98 Å². The summed E-state index contributed by atoms with van der Waals surface area (Å²) in [6.45, 7) is 0. The predicted octanol–water partition coefficient (Wildman–Crippen LogP) is 4.27. The molecule has 2 atom stereocenters. The number of carboxylic acids is 1. The highest BCUT2D eigenvalue weighted by molar-refractivity contribution is 6.30. The lowest BCUT2D eigenvalue weighted by Crippen LogP contribution is -2.28. The summed E-state index contributed by atoms with van der Waals surface area (Å²) >= 11 is 6.07. The molecular formula is C22H22ClN5O3. The van der Waals surface area contributed by atoms with Gasteiger partial charge in [-0.3, -0.25) is 14.9 Å². The van der Waals surface area contributed by atoms with Crippen LogP contribution in [0.15, 0.2) is 54.6 Å². The van der Waals surface area contributed by atoms with Gasteiger partial charge < -0.3 is 10.4 Å². The minimum Gasteiger partial charge on any atom is -0.481 e. The monoisotopic (exact) mass is 439 g/mol. The number of hydrogen-bond acceptors (Lipinski definition) is 5. The molecule has 0 radical (unpaired) electrons. The number of carbonyl (C=O) groups is 2. The van der Waals surface area contributed by atoms with Crippen LogP contribution in [-0.2, 0) is 9.59 Å². The summed E-state index contributed by atoms with van der Waals surface area (Å²) in [5.41, 5.74) is 2.17. The van der Waals surface area contributed by atoms with Crippen LogP contribution in [-0.4, -0.2) is 31.7 Å². The maximum atomic E-state index is 12.2. The highest BCUT2D eigenvalue weighted by Gasteiger charge is 2.31. The lowest BCUT2D eigenvalue weighted by atomic mass is 9.93. The van der Waals surface area contributed by atoms with Crippen molar-refractivity contribution < 1.29 is 14.7 Å². The van der Waals surface area contributed by atoms with Crippen molar-refractivity contribution in [1.29, 1.82) is 0 Å². The first-order chi connectivity index (χ1) is 15.0. The van der Waals surface area contributed by atoms with Gasteiger partial charge in [-0.15, -0.1) is 5.10 Å². The second-order valence-electron chi connectivity index (χ2n) is 7.41. The van der Waals surface area contributed by atoms with Crippen LogP contribution in [0.2, 0.25) is 5.02 Å². The average molecular weight is 440 g/mol. The summed E-state index contributed by atoms with van der Waals surface area (Å²) in [5, 5.41) is 20.0. The molecule has 0 unspecified atom stereocenters. The van der Waals surface area contributed by atoms with Gasteiger partial charge in [-0.1, -0.05) is 54.1 Å². The van der Waals surface area contributed by atoms with E-state index in [1.54, 1.807) is 4.68 Å². The van der Waals surface area contributed by atoms with Crippen LogP contribution < -0.4 is 10.6 Å². The summed E-state index contributed by atoms with van der Waals surface area (Å²) < 4.78 is 1.77. The molecule has 0 bridgehead atoms. The number of rotatable bonds is 7. The number of carbonyl (C=O) groups excluding carboxylic acids is 1. The first kappa shape index (κ1) is 20.9. The summed E-state index contributed by atoms with van der Waals surface area (Å²) in [6.07, 6.45) is 1.04. The Kier molecular flexibility index (Phi) is 6.18. The lowest BCUT2D eigenvalue weighted by Gasteiger charge is -2.31. The largest absolute Gasteiger partial charge is 0.481 e. The van der Waals surface area contributed by atoms with Crippen LogP contribution in [0.4, 0.5) is 11.9 Å². The Labute approximate surface area is 184 Å². The topological polar surface area (TPSA) is 109 Å². The first-order valence-corrected chi connectivity index (χ1v) is 10.4. The molecule has 1 aliphatic heterocycles. The second kappa shape index (κ2) is 9.18. The summed E-state index contributed by atoms with van der Waals surface area (Å²) in [4.78, 5) is 27.3. The number of halogens is 1. The molecule has 3 aromatic rings. The number of benzene rings is 2. The van der Waals surface area contributed by atoms with E-state index in [2.05, 4.69) is 32.8 Å². The molecule has 0 fully saturated rings. The van der Waals surface area contributed by atoms with E-state index in [1.165, 1.54) is 0 Å². The maximum Gasteiger partial charge on any atom is 0.303 e. The molecule has 1 aromatic heterocycles. The van der Waals surface area contributed by atoms with E-state index in [0.717, 1.165) is 17.5 Å². The fourth-order valence-electron chi connectivity index (χ4n) is 3.68. The SMILES string of the molecule is O=C(O)CCCC(=O)Nc1nc2n(n1)[C@H](c1ccc(Cl)cc1)C[C@@H](c1ccccc1)N2. The highest BCUT2D eigenvalue weighted by Crippen LogP contribution is 2.38. The van der Waals surface area contributed by atoms with Gasteiger partial charge in [0, 0.05) is 17.9 Å². The van der Waals surface area contributed by atoms with Crippen molar-refractivity contribution in [2.45, 2.75) is 37.8 Å². The van der Waals surface area contributed by atoms with Gasteiger partial charge in [0.25, 0.3) is 5.95 Å². The smallest absolute Gasteiger partial charge is 0.303 e. The molecule has 3 N–H and O–H groups in total. The van der Waals surface area contributed by atoms with E-state index < -0.39 is 5.97 Å². The molecule has 8 nitrogen and oxygen atoms in total. The predicted molar refractivity (Wildman–Crippen MR) is 117 cm³/mol. The third kappa shape index (κ3) is 5.03. The number of aromatic nitrogens is 3. The number of hydrogen-bond donors (Lipinski definition) is 3. The third-order valence-electron chi connectivity index (χ3n) is 5.19. The van der Waals surface area contributed by atoms with E-state index >= 15 is 0 Å². The second-order valence-corrected chi connectivity index (χ2v) is 7.85. The van der Waals surface area contributed by atoms with E-state index in [9.17, 15) is 9.59 Å². The Balaban J connectivity index is 1.59. The quantitative estimate of drug-likeness (QED) is 0.507. The number of nitrogens with zero attached hydrogens (tertiary/aromatic N) is 3. The zero-order chi connectivity index (χ0) is 21.8. The van der Waals surface area contributed by atoms with E-state index in [0.29, 0.717) is 11.0 Å². The Morgan fingerprint density at radius 3 is 2.55 bits per heavy atom. The van der Waals surface area contributed by atoms with Gasteiger partial charge in [-0.05, 0) is 36.1 Å². The number of nitrogens with one attached hydrogen (secondary N) is 2. The Hall–Kier alpha value is -3.39. The molecule has 2 aromatic carbocycles. The van der Waals surface area contributed by atoms with Crippen molar-refractivity contribution in [2.75, 3.05) is 10.6 Å². The molecular weight excluding hydrogens is 418 g/mol. The molecule has 2 heterocycles. The Morgan fingerprint density at radius 2 is 1.84 bits per heavy atom. The molecule has 0 aliphatic carbocycles. The minimum absolute atomic E-state index is 0.0256. The van der Waals surface area contributed by atoms with Crippen LogP contribution in [0, 0.1) is 0 Å². The van der Waals surface area contributed by atoms with Crippen LogP contribution in [0.25, 0.3) is 0 Å². The van der Waals surface area contributed by atoms with Crippen molar-refractivity contribution in [3.8, 4) is 0 Å². The first-order valence-electron chi connectivity index (χ1n) is 10.0. The number of aliphatic carboxylic acids is 1. The van der Waals surface area contributed by atoms with Crippen molar-refractivity contribution in [3.63, 3.8) is 0 Å². The van der Waals surface area contributed by atoms with Crippen molar-refractivity contribution >= 4 is 35.4 Å². The Bertz CT molecular complexity index is 1070. The van der Waals surface area contributed by atoms with Gasteiger partial charge >= 0.3 is 5.97 Å². The van der Waals surface area contributed by atoms with Crippen molar-refractivity contribution in [3.05, 3.63) is 70.7 Å². The Morgan fingerprint density at radius 1 is 1.10 bits per heavy atom. The third-order valence-corrected chi connectivity index (χ3v) is 5.44. The normalized spacial score (nSPS) is 17.5. The van der Waals surface area contributed by atoms with Crippen LogP contribution in [0.5, 0.6) is 0 Å². The molecule has 9 heteroatoms. The number of carboxylic acid groups (broad SMARTS) is 1. The van der Waals surface area contributed by atoms with Gasteiger partial charge in [0.05, 0.1) is 12.1 Å². The van der Waals surface area contributed by atoms with E-state index in [-0.39, 0.29) is 43.2 Å². The van der Waals surface area contributed by atoms with Gasteiger partial charge in [0.15, 0.2) is 0 Å². The molecule has 1 aliphatic rings. The lowest BCUT2D eigenvalue weighted by molar-refractivity contribution is -0.137. The summed E-state index contributed by atoms with van der Waals surface area (Å²) in [6, 6.07) is 17.7. The molecule has 0 saturated carbocycles.